The zero-order chi connectivity index (χ0) is 64.5. The maximum atomic E-state index is 4.79. The molecule has 12 nitrogen and oxygen atoms in total. The van der Waals surface area contributed by atoms with Crippen LogP contribution >= 0.6 is 0 Å². The van der Waals surface area contributed by atoms with E-state index in [1.54, 1.807) is 0 Å². The normalized spacial score (nSPS) is 11.6. The standard InChI is InChI=1S/C27H31N4.C26H29N4.C25H27N4/c1-17-11-18(2)19(3)23(12-17)26-22-10-8-9-21(25(22)30-16-31(26)7)24-15-28-20(14-29-24)13-27(4,5)6;1-16(2)10-20-13-28-24(14-27-20)21-8-7-9-22-25(21)29-15-30(6)26(22)23-12-17(3)11-18(4)19(23)5;1-15(2)22-12-27-23(13-26-22)19-8-7-9-20-24(19)28-14-29(6)25(20)21-11-16(3)10-17(4)18(21)5/h8-12,14-16H,13H2,1-7H3;7-9,11-16H,10H2,1-6H3;7-15H,1-6H3/q3*+1. The molecule has 12 aromatic rings. The molecule has 0 amide bonds. The molecule has 0 bridgehead atoms. The Balaban J connectivity index is 0.000000149. The summed E-state index contributed by atoms with van der Waals surface area (Å²) >= 11 is 0. The summed E-state index contributed by atoms with van der Waals surface area (Å²) in [7, 11) is 6.18. The third kappa shape index (κ3) is 13.6. The van der Waals surface area contributed by atoms with Gasteiger partial charge in [-0.1, -0.05) is 102 Å². The van der Waals surface area contributed by atoms with E-state index in [2.05, 4.69) is 257 Å². The Kier molecular flexibility index (Phi) is 18.6. The Morgan fingerprint density at radius 1 is 0.378 bits per heavy atom. The van der Waals surface area contributed by atoms with E-state index in [9.17, 15) is 0 Å². The number of para-hydroxylation sites is 3. The van der Waals surface area contributed by atoms with Crippen molar-refractivity contribution >= 4 is 32.7 Å². The Bertz CT molecular complexity index is 4640. The van der Waals surface area contributed by atoms with E-state index < -0.39 is 0 Å². The minimum absolute atomic E-state index is 0.185. The maximum absolute atomic E-state index is 4.79. The van der Waals surface area contributed by atoms with Crippen LogP contribution < -0.4 is 13.7 Å². The van der Waals surface area contributed by atoms with Crippen molar-refractivity contribution in [2.45, 2.75) is 130 Å². The first-order valence-corrected chi connectivity index (χ1v) is 31.4. The van der Waals surface area contributed by atoms with E-state index in [-0.39, 0.29) is 5.41 Å². The van der Waals surface area contributed by atoms with Crippen molar-refractivity contribution in [3.05, 3.63) is 214 Å². The molecular weight excluding hydrogens is 1100 g/mol. The van der Waals surface area contributed by atoms with Crippen molar-refractivity contribution in [1.29, 1.82) is 0 Å². The zero-order valence-corrected chi connectivity index (χ0v) is 56.3. The van der Waals surface area contributed by atoms with E-state index >= 15 is 0 Å². The van der Waals surface area contributed by atoms with Gasteiger partial charge in [0.1, 0.15) is 17.1 Å². The Labute approximate surface area is 532 Å². The topological polar surface area (TPSA) is 128 Å². The smallest absolute Gasteiger partial charge is 0.257 e. The largest absolute Gasteiger partial charge is 0.287 e. The number of aromatic nitrogens is 12. The molecule has 0 aliphatic carbocycles. The molecule has 0 radical (unpaired) electrons. The monoisotopic (exact) mass is 1190 g/mol. The van der Waals surface area contributed by atoms with Crippen LogP contribution in [-0.2, 0) is 34.0 Å². The number of hydrogen-bond donors (Lipinski definition) is 0. The van der Waals surface area contributed by atoms with E-state index in [1.165, 1.54) is 83.8 Å². The lowest BCUT2D eigenvalue weighted by Crippen LogP contribution is -2.32. The number of aryl methyl sites for hydroxylation is 9. The molecule has 0 aliphatic rings. The number of nitrogens with zero attached hydrogens (tertiary/aromatic N) is 12. The second-order valence-electron chi connectivity index (χ2n) is 26.6. The van der Waals surface area contributed by atoms with E-state index in [4.69, 9.17) is 24.9 Å². The second-order valence-corrected chi connectivity index (χ2v) is 26.6. The van der Waals surface area contributed by atoms with Crippen molar-refractivity contribution in [2.75, 3.05) is 0 Å². The maximum Gasteiger partial charge on any atom is 0.287 e. The van der Waals surface area contributed by atoms with Crippen LogP contribution in [0.4, 0.5) is 0 Å². The van der Waals surface area contributed by atoms with Gasteiger partial charge in [-0.3, -0.25) is 29.9 Å². The van der Waals surface area contributed by atoms with Crippen molar-refractivity contribution in [2.24, 2.45) is 32.5 Å². The molecule has 12 rings (SSSR count). The summed E-state index contributed by atoms with van der Waals surface area (Å²) in [6.07, 6.45) is 18.8. The van der Waals surface area contributed by atoms with Crippen LogP contribution in [0.15, 0.2) is 147 Å². The molecular formula is C78H87N12+3. The molecule has 0 fully saturated rings. The van der Waals surface area contributed by atoms with Gasteiger partial charge in [0.15, 0.2) is 16.6 Å². The SMILES string of the molecule is Cc1cc(C)c(C)c(-c2c3cccc(-c4cnc(C(C)C)cn4)c3nc[n+]2C)c1.Cc1cc(C)c(C)c(-c2c3cccc(-c4cnc(CC(C)(C)C)cn4)c3nc[n+]2C)c1.Cc1cc(C)c(C)c(-c2c3cccc(-c4cnc(CC(C)C)cn4)c3nc[n+]2C)c1. The van der Waals surface area contributed by atoms with E-state index in [0.717, 1.165) is 96.4 Å². The fourth-order valence-electron chi connectivity index (χ4n) is 12.2. The van der Waals surface area contributed by atoms with Crippen LogP contribution in [0.25, 0.3) is 100 Å². The first kappa shape index (κ1) is 63.6. The zero-order valence-electron chi connectivity index (χ0n) is 56.3. The van der Waals surface area contributed by atoms with Gasteiger partial charge in [0.25, 0.3) is 19.0 Å². The first-order chi connectivity index (χ1) is 42.8. The minimum atomic E-state index is 0.185. The lowest BCUT2D eigenvalue weighted by Gasteiger charge is -2.17. The number of fused-ring (bicyclic) bond motifs is 3. The summed E-state index contributed by atoms with van der Waals surface area (Å²) in [5.41, 5.74) is 30.5. The van der Waals surface area contributed by atoms with Gasteiger partial charge in [-0.15, -0.1) is 0 Å². The van der Waals surface area contributed by atoms with E-state index in [1.807, 2.05) is 56.2 Å². The minimum Gasteiger partial charge on any atom is -0.257 e. The van der Waals surface area contributed by atoms with Crippen LogP contribution in [0.2, 0.25) is 0 Å². The first-order valence-electron chi connectivity index (χ1n) is 31.4. The van der Waals surface area contributed by atoms with E-state index in [0.29, 0.717) is 11.8 Å². The van der Waals surface area contributed by atoms with Gasteiger partial charge >= 0.3 is 0 Å². The third-order valence-electron chi connectivity index (χ3n) is 17.0. The van der Waals surface area contributed by atoms with Gasteiger partial charge in [0.2, 0.25) is 0 Å². The Hall–Kier alpha value is -9.42. The fraction of sp³-hybridized carbons (Fsp3) is 0.308. The predicted molar refractivity (Wildman–Crippen MR) is 367 cm³/mol. The van der Waals surface area contributed by atoms with Crippen LogP contribution in [-0.4, -0.2) is 44.9 Å². The van der Waals surface area contributed by atoms with Crippen LogP contribution in [0.5, 0.6) is 0 Å². The average molecular weight is 1190 g/mol. The van der Waals surface area contributed by atoms with Crippen molar-refractivity contribution < 1.29 is 13.7 Å². The lowest BCUT2D eigenvalue weighted by molar-refractivity contribution is -0.662. The molecule has 0 unspecified atom stereocenters. The molecule has 0 N–H and O–H groups in total. The number of rotatable bonds is 10. The van der Waals surface area contributed by atoms with Crippen LogP contribution in [0.3, 0.4) is 0 Å². The molecule has 0 atom stereocenters. The Morgan fingerprint density at radius 3 is 1.02 bits per heavy atom. The predicted octanol–water partition coefficient (Wildman–Crippen LogP) is 16.2. The van der Waals surface area contributed by atoms with Crippen LogP contribution in [0, 0.1) is 73.6 Å². The Morgan fingerprint density at radius 2 is 0.722 bits per heavy atom. The molecule has 0 saturated carbocycles. The highest BCUT2D eigenvalue weighted by Gasteiger charge is 2.25. The molecule has 6 aromatic heterocycles. The summed E-state index contributed by atoms with van der Waals surface area (Å²) < 4.78 is 6.34. The highest BCUT2D eigenvalue weighted by atomic mass is 15.0. The summed E-state index contributed by atoms with van der Waals surface area (Å²) in [4.78, 5) is 42.4. The van der Waals surface area contributed by atoms with Crippen molar-refractivity contribution in [3.63, 3.8) is 0 Å². The van der Waals surface area contributed by atoms with Crippen molar-refractivity contribution in [1.82, 2.24) is 44.9 Å². The average Bonchev–Trinajstić information content (AvgIpc) is 0.803. The van der Waals surface area contributed by atoms with Gasteiger partial charge in [-0.2, -0.15) is 0 Å². The molecule has 6 heterocycles. The molecule has 0 saturated heterocycles. The summed E-state index contributed by atoms with van der Waals surface area (Å²) in [6.45, 7) is 34.8. The summed E-state index contributed by atoms with van der Waals surface area (Å²) in [5.74, 6) is 0.924. The molecule has 0 spiro atoms. The summed E-state index contributed by atoms with van der Waals surface area (Å²) in [5, 5.41) is 3.37. The quantitative estimate of drug-likeness (QED) is 0.123. The highest BCUT2D eigenvalue weighted by molar-refractivity contribution is 6.01. The molecule has 12 heteroatoms. The molecule has 90 heavy (non-hydrogen) atoms. The van der Waals surface area contributed by atoms with Gasteiger partial charge in [0, 0.05) is 35.3 Å². The second kappa shape index (κ2) is 26.3. The van der Waals surface area contributed by atoms with Crippen LogP contribution in [0.1, 0.15) is 122 Å². The molecule has 0 aliphatic heterocycles. The molecule has 6 aromatic carbocycles. The highest BCUT2D eigenvalue weighted by Crippen LogP contribution is 2.37. The fourth-order valence-corrected chi connectivity index (χ4v) is 12.2. The van der Waals surface area contributed by atoms with Crippen molar-refractivity contribution in [3.8, 4) is 67.5 Å². The van der Waals surface area contributed by atoms with Gasteiger partial charge < -0.3 is 0 Å². The van der Waals surface area contributed by atoms with Gasteiger partial charge in [-0.05, 0) is 195 Å². The van der Waals surface area contributed by atoms with Gasteiger partial charge in [0.05, 0.1) is 107 Å². The molecule has 456 valence electrons. The number of benzene rings is 6. The third-order valence-corrected chi connectivity index (χ3v) is 17.0. The lowest BCUT2D eigenvalue weighted by atomic mass is 9.91. The van der Waals surface area contributed by atoms with Gasteiger partial charge in [-0.25, -0.2) is 13.7 Å². The summed E-state index contributed by atoms with van der Waals surface area (Å²) in [6, 6.07) is 32.5. The number of hydrogen-bond acceptors (Lipinski definition) is 9.